The van der Waals surface area contributed by atoms with Crippen LogP contribution in [0.2, 0.25) is 0 Å². The number of hydrogen-bond acceptors (Lipinski definition) is 4. The molecule has 5 nitrogen and oxygen atoms in total. The summed E-state index contributed by atoms with van der Waals surface area (Å²) >= 11 is 0. The van der Waals surface area contributed by atoms with Crippen LogP contribution in [0.25, 0.3) is 0 Å². The van der Waals surface area contributed by atoms with Gasteiger partial charge in [0.05, 0.1) is 17.6 Å². The Morgan fingerprint density at radius 1 is 1.33 bits per heavy atom. The molecule has 0 saturated carbocycles. The summed E-state index contributed by atoms with van der Waals surface area (Å²) in [5.41, 5.74) is 0.811. The number of benzene rings is 1. The fourth-order valence-electron chi connectivity index (χ4n) is 2.50. The zero-order chi connectivity index (χ0) is 15.5. The third kappa shape index (κ3) is 3.63. The van der Waals surface area contributed by atoms with Crippen molar-refractivity contribution >= 4 is 10.0 Å². The van der Waals surface area contributed by atoms with Gasteiger partial charge in [-0.15, -0.1) is 0 Å². The van der Waals surface area contributed by atoms with Crippen molar-refractivity contribution in [2.45, 2.75) is 44.4 Å². The van der Waals surface area contributed by atoms with Crippen LogP contribution in [-0.2, 0) is 21.3 Å². The van der Waals surface area contributed by atoms with E-state index >= 15 is 0 Å². The predicted octanol–water partition coefficient (Wildman–Crippen LogP) is 1.59. The van der Waals surface area contributed by atoms with Crippen molar-refractivity contribution in [3.63, 3.8) is 0 Å². The Morgan fingerprint density at radius 2 is 2.05 bits per heavy atom. The summed E-state index contributed by atoms with van der Waals surface area (Å²) in [6, 6.07) is 7.06. The van der Waals surface area contributed by atoms with Crippen molar-refractivity contribution < 1.29 is 13.2 Å². The van der Waals surface area contributed by atoms with E-state index in [1.165, 1.54) is 0 Å². The van der Waals surface area contributed by atoms with Crippen molar-refractivity contribution in [3.8, 4) is 0 Å². The fourth-order valence-corrected chi connectivity index (χ4v) is 4.41. The number of ether oxygens (including phenoxy) is 1. The molecule has 118 valence electrons. The summed E-state index contributed by atoms with van der Waals surface area (Å²) in [6.07, 6.45) is -0.0723. The quantitative estimate of drug-likeness (QED) is 0.897. The topological polar surface area (TPSA) is 58.6 Å². The molecule has 0 amide bonds. The first-order valence-corrected chi connectivity index (χ1v) is 8.83. The Labute approximate surface area is 127 Å². The molecule has 1 aromatic carbocycles. The molecule has 0 bridgehead atoms. The van der Waals surface area contributed by atoms with Crippen molar-refractivity contribution in [1.82, 2.24) is 9.62 Å². The van der Waals surface area contributed by atoms with Gasteiger partial charge in [0.1, 0.15) is 0 Å². The molecule has 1 fully saturated rings. The Hall–Kier alpha value is -0.950. The highest BCUT2D eigenvalue weighted by Gasteiger charge is 2.35. The molecule has 21 heavy (non-hydrogen) atoms. The van der Waals surface area contributed by atoms with E-state index in [-0.39, 0.29) is 12.1 Å². The fraction of sp³-hybridized carbons (Fsp3) is 0.600. The van der Waals surface area contributed by atoms with E-state index in [1.54, 1.807) is 16.4 Å². The lowest BCUT2D eigenvalue weighted by atomic mass is 10.2. The summed E-state index contributed by atoms with van der Waals surface area (Å²) in [6.45, 7) is 7.99. The third-order valence-corrected chi connectivity index (χ3v) is 5.76. The SMILES string of the molecule is CCNCc1ccccc1S(=O)(=O)N1CC(C)OCC1C. The van der Waals surface area contributed by atoms with Crippen LogP contribution in [0, 0.1) is 0 Å². The summed E-state index contributed by atoms with van der Waals surface area (Å²) in [5, 5.41) is 3.19. The Bertz CT molecular complexity index is 574. The molecule has 1 aliphatic heterocycles. The minimum absolute atomic E-state index is 0.0723. The Balaban J connectivity index is 2.34. The Kier molecular flexibility index (Phi) is 5.37. The van der Waals surface area contributed by atoms with Crippen LogP contribution in [0.15, 0.2) is 29.2 Å². The molecule has 1 heterocycles. The molecule has 2 unspecified atom stereocenters. The van der Waals surface area contributed by atoms with Crippen LogP contribution in [0.3, 0.4) is 0 Å². The van der Waals surface area contributed by atoms with E-state index in [9.17, 15) is 8.42 Å². The molecular weight excluding hydrogens is 288 g/mol. The van der Waals surface area contributed by atoms with Crippen LogP contribution < -0.4 is 5.32 Å². The first-order valence-electron chi connectivity index (χ1n) is 7.39. The van der Waals surface area contributed by atoms with Crippen LogP contribution in [-0.4, -0.2) is 44.6 Å². The molecule has 0 radical (unpaired) electrons. The van der Waals surface area contributed by atoms with E-state index in [0.717, 1.165) is 12.1 Å². The van der Waals surface area contributed by atoms with Gasteiger partial charge in [0, 0.05) is 19.1 Å². The smallest absolute Gasteiger partial charge is 0.243 e. The molecule has 1 aromatic rings. The van der Waals surface area contributed by atoms with Gasteiger partial charge in [0.2, 0.25) is 10.0 Å². The third-order valence-electron chi connectivity index (χ3n) is 3.68. The van der Waals surface area contributed by atoms with E-state index in [0.29, 0.717) is 24.6 Å². The van der Waals surface area contributed by atoms with E-state index in [2.05, 4.69) is 5.32 Å². The van der Waals surface area contributed by atoms with Gasteiger partial charge in [-0.25, -0.2) is 8.42 Å². The van der Waals surface area contributed by atoms with Crippen LogP contribution in [0.1, 0.15) is 26.3 Å². The van der Waals surface area contributed by atoms with Gasteiger partial charge in [-0.2, -0.15) is 4.31 Å². The minimum Gasteiger partial charge on any atom is -0.375 e. The lowest BCUT2D eigenvalue weighted by Crippen LogP contribution is -2.50. The molecule has 0 aliphatic carbocycles. The highest BCUT2D eigenvalue weighted by Crippen LogP contribution is 2.25. The number of hydrogen-bond donors (Lipinski definition) is 1. The number of nitrogens with one attached hydrogen (secondary N) is 1. The Morgan fingerprint density at radius 3 is 2.76 bits per heavy atom. The molecular formula is C15H24N2O3S. The first-order chi connectivity index (χ1) is 9.96. The average molecular weight is 312 g/mol. The molecule has 1 saturated heterocycles. The van der Waals surface area contributed by atoms with Crippen LogP contribution in [0.5, 0.6) is 0 Å². The second kappa shape index (κ2) is 6.87. The van der Waals surface area contributed by atoms with Gasteiger partial charge < -0.3 is 10.1 Å². The predicted molar refractivity (Wildman–Crippen MR) is 82.6 cm³/mol. The lowest BCUT2D eigenvalue weighted by Gasteiger charge is -2.36. The van der Waals surface area contributed by atoms with Crippen molar-refractivity contribution in [1.29, 1.82) is 0 Å². The zero-order valence-electron chi connectivity index (χ0n) is 12.9. The van der Waals surface area contributed by atoms with Gasteiger partial charge in [-0.1, -0.05) is 25.1 Å². The normalized spacial score (nSPS) is 24.1. The molecule has 0 aromatic heterocycles. The van der Waals surface area contributed by atoms with Crippen LogP contribution >= 0.6 is 0 Å². The lowest BCUT2D eigenvalue weighted by molar-refractivity contribution is -0.0170. The van der Waals surface area contributed by atoms with Crippen molar-refractivity contribution in [2.75, 3.05) is 19.7 Å². The van der Waals surface area contributed by atoms with Crippen molar-refractivity contribution in [2.24, 2.45) is 0 Å². The van der Waals surface area contributed by atoms with E-state index in [4.69, 9.17) is 4.74 Å². The molecule has 6 heteroatoms. The van der Waals surface area contributed by atoms with E-state index < -0.39 is 10.0 Å². The van der Waals surface area contributed by atoms with Gasteiger partial charge in [-0.05, 0) is 32.0 Å². The van der Waals surface area contributed by atoms with Gasteiger partial charge in [-0.3, -0.25) is 0 Å². The summed E-state index contributed by atoms with van der Waals surface area (Å²) < 4.78 is 33.0. The second-order valence-electron chi connectivity index (χ2n) is 5.46. The average Bonchev–Trinajstić information content (AvgIpc) is 2.47. The standard InChI is InChI=1S/C15H24N2O3S/c1-4-16-9-14-7-5-6-8-15(14)21(18,19)17-10-13(3)20-11-12(17)2/h5-8,12-13,16H,4,9-11H2,1-3H3. The maximum Gasteiger partial charge on any atom is 0.243 e. The molecule has 1 N–H and O–H groups in total. The minimum atomic E-state index is -3.49. The second-order valence-corrected chi connectivity index (χ2v) is 7.31. The van der Waals surface area contributed by atoms with Gasteiger partial charge in [0.25, 0.3) is 0 Å². The first kappa shape index (κ1) is 16.4. The molecule has 2 rings (SSSR count). The monoisotopic (exact) mass is 312 g/mol. The zero-order valence-corrected chi connectivity index (χ0v) is 13.7. The number of sulfonamides is 1. The van der Waals surface area contributed by atoms with Crippen LogP contribution in [0.4, 0.5) is 0 Å². The highest BCUT2D eigenvalue weighted by molar-refractivity contribution is 7.89. The van der Waals surface area contributed by atoms with Gasteiger partial charge in [0.15, 0.2) is 0 Å². The molecule has 2 atom stereocenters. The number of rotatable bonds is 5. The van der Waals surface area contributed by atoms with Gasteiger partial charge >= 0.3 is 0 Å². The molecule has 1 aliphatic rings. The number of morpholine rings is 1. The number of nitrogens with zero attached hydrogens (tertiary/aromatic N) is 1. The van der Waals surface area contributed by atoms with Crippen molar-refractivity contribution in [3.05, 3.63) is 29.8 Å². The largest absolute Gasteiger partial charge is 0.375 e. The maximum absolute atomic E-state index is 13.0. The maximum atomic E-state index is 13.0. The van der Waals surface area contributed by atoms with E-state index in [1.807, 2.05) is 32.9 Å². The highest BCUT2D eigenvalue weighted by atomic mass is 32.2. The summed E-state index contributed by atoms with van der Waals surface area (Å²) in [4.78, 5) is 0.395. The summed E-state index contributed by atoms with van der Waals surface area (Å²) in [7, 11) is -3.49. The molecule has 0 spiro atoms. The summed E-state index contributed by atoms with van der Waals surface area (Å²) in [5.74, 6) is 0.